The van der Waals surface area contributed by atoms with Gasteiger partial charge in [0.1, 0.15) is 0 Å². The number of piperazine rings is 1. The number of thiophene rings is 1. The van der Waals surface area contributed by atoms with Gasteiger partial charge in [-0.15, -0.1) is 11.3 Å². The number of fused-ring (bicyclic) bond motifs is 1. The van der Waals surface area contributed by atoms with Crippen LogP contribution >= 0.6 is 11.3 Å². The molecule has 1 fully saturated rings. The minimum Gasteiger partial charge on any atom is -0.370 e. The number of hydrogen-bond acceptors (Lipinski definition) is 5. The molecule has 0 radical (unpaired) electrons. The number of nitrogens with zero attached hydrogens (tertiary/aromatic N) is 3. The van der Waals surface area contributed by atoms with Crippen LogP contribution in [0.5, 0.6) is 0 Å². The Morgan fingerprint density at radius 2 is 1.61 bits per heavy atom. The van der Waals surface area contributed by atoms with Crippen molar-refractivity contribution in [2.75, 3.05) is 44.2 Å². The molecule has 2 N–H and O–H groups in total. The number of nitrogens with two attached hydrogens (primary N) is 1. The van der Waals surface area contributed by atoms with Gasteiger partial charge in [0.05, 0.1) is 6.54 Å². The van der Waals surface area contributed by atoms with Crippen LogP contribution in [0, 0.1) is 0 Å². The van der Waals surface area contributed by atoms with Gasteiger partial charge in [0.2, 0.25) is 11.8 Å². The fourth-order valence-electron chi connectivity index (χ4n) is 4.01. The SMILES string of the molecule is NC(=O)CCN(C(=O)CN1CCN(Cc2csc3ccccc23)CC1)c1ccccc1. The van der Waals surface area contributed by atoms with Crippen molar-refractivity contribution in [1.82, 2.24) is 9.80 Å². The number of rotatable bonds is 8. The molecule has 4 rings (SSSR count). The Kier molecular flexibility index (Phi) is 6.96. The summed E-state index contributed by atoms with van der Waals surface area (Å²) in [5.74, 6) is -0.395. The number of carbonyl (C=O) groups is 2. The van der Waals surface area contributed by atoms with E-state index in [4.69, 9.17) is 5.73 Å². The van der Waals surface area contributed by atoms with Crippen molar-refractivity contribution in [3.8, 4) is 0 Å². The molecule has 0 atom stereocenters. The first-order valence-electron chi connectivity index (χ1n) is 10.6. The standard InChI is InChI=1S/C24H28N4O2S/c25-23(29)10-11-28(20-6-2-1-3-7-20)24(30)17-27-14-12-26(13-15-27)16-19-18-31-22-9-5-4-8-21(19)22/h1-9,18H,10-17H2,(H2,25,29). The van der Waals surface area contributed by atoms with Gasteiger partial charge in [-0.25, -0.2) is 0 Å². The highest BCUT2D eigenvalue weighted by Crippen LogP contribution is 2.27. The Morgan fingerprint density at radius 1 is 0.935 bits per heavy atom. The van der Waals surface area contributed by atoms with E-state index in [1.54, 1.807) is 16.2 Å². The number of amides is 2. The first-order valence-corrected chi connectivity index (χ1v) is 11.5. The maximum Gasteiger partial charge on any atom is 0.241 e. The van der Waals surface area contributed by atoms with E-state index in [1.807, 2.05) is 30.3 Å². The quantitative estimate of drug-likeness (QED) is 0.590. The molecule has 162 valence electrons. The molecule has 1 aliphatic heterocycles. The van der Waals surface area contributed by atoms with Crippen LogP contribution in [0.25, 0.3) is 10.1 Å². The van der Waals surface area contributed by atoms with Crippen molar-refractivity contribution in [3.05, 3.63) is 65.5 Å². The van der Waals surface area contributed by atoms with E-state index in [9.17, 15) is 9.59 Å². The number of carbonyl (C=O) groups excluding carboxylic acids is 2. The fraction of sp³-hybridized carbons (Fsp3) is 0.333. The molecular weight excluding hydrogens is 408 g/mol. The molecule has 0 spiro atoms. The van der Waals surface area contributed by atoms with E-state index in [0.717, 1.165) is 38.4 Å². The lowest BCUT2D eigenvalue weighted by Gasteiger charge is -2.35. The summed E-state index contributed by atoms with van der Waals surface area (Å²) < 4.78 is 1.33. The lowest BCUT2D eigenvalue weighted by Crippen LogP contribution is -2.50. The van der Waals surface area contributed by atoms with Crippen LogP contribution in [-0.2, 0) is 16.1 Å². The first kappa shape index (κ1) is 21.5. The van der Waals surface area contributed by atoms with Gasteiger partial charge >= 0.3 is 0 Å². The van der Waals surface area contributed by atoms with Gasteiger partial charge in [0.15, 0.2) is 0 Å². The molecule has 0 unspecified atom stereocenters. The molecule has 6 nitrogen and oxygen atoms in total. The van der Waals surface area contributed by atoms with Gasteiger partial charge in [-0.1, -0.05) is 36.4 Å². The Hall–Kier alpha value is -2.74. The number of anilines is 1. The predicted molar refractivity (Wildman–Crippen MR) is 126 cm³/mol. The lowest BCUT2D eigenvalue weighted by molar-refractivity contribution is -0.120. The first-order chi connectivity index (χ1) is 15.1. The normalized spacial score (nSPS) is 15.2. The van der Waals surface area contributed by atoms with Crippen molar-refractivity contribution < 1.29 is 9.59 Å². The van der Waals surface area contributed by atoms with Crippen molar-refractivity contribution in [1.29, 1.82) is 0 Å². The molecule has 7 heteroatoms. The van der Waals surface area contributed by atoms with E-state index in [1.165, 1.54) is 15.6 Å². The summed E-state index contributed by atoms with van der Waals surface area (Å²) in [5, 5.41) is 3.61. The monoisotopic (exact) mass is 436 g/mol. The largest absolute Gasteiger partial charge is 0.370 e. The molecular formula is C24H28N4O2S. The average molecular weight is 437 g/mol. The number of primary amides is 1. The van der Waals surface area contributed by atoms with E-state index >= 15 is 0 Å². The third kappa shape index (κ3) is 5.50. The van der Waals surface area contributed by atoms with Gasteiger partial charge in [-0.2, -0.15) is 0 Å². The molecule has 0 bridgehead atoms. The van der Waals surface area contributed by atoms with Crippen molar-refractivity contribution in [2.45, 2.75) is 13.0 Å². The third-order valence-electron chi connectivity index (χ3n) is 5.73. The van der Waals surface area contributed by atoms with Gasteiger partial charge in [0, 0.05) is 56.1 Å². The molecule has 1 aliphatic rings. The van der Waals surface area contributed by atoms with Gasteiger partial charge in [-0.05, 0) is 34.5 Å². The number of benzene rings is 2. The Balaban J connectivity index is 1.32. The van der Waals surface area contributed by atoms with Crippen molar-refractivity contribution in [2.24, 2.45) is 5.73 Å². The molecule has 2 aromatic carbocycles. The maximum absolute atomic E-state index is 13.0. The molecule has 31 heavy (non-hydrogen) atoms. The number of hydrogen-bond donors (Lipinski definition) is 1. The van der Waals surface area contributed by atoms with Crippen LogP contribution in [0.1, 0.15) is 12.0 Å². The van der Waals surface area contributed by atoms with Crippen LogP contribution in [0.3, 0.4) is 0 Å². The van der Waals surface area contributed by atoms with Crippen molar-refractivity contribution >= 4 is 38.9 Å². The fourth-order valence-corrected chi connectivity index (χ4v) is 4.96. The summed E-state index contributed by atoms with van der Waals surface area (Å²) >= 11 is 1.80. The van der Waals surface area contributed by atoms with Gasteiger partial charge in [0.25, 0.3) is 0 Å². The molecule has 1 saturated heterocycles. The average Bonchev–Trinajstić information content (AvgIpc) is 3.19. The third-order valence-corrected chi connectivity index (χ3v) is 6.74. The highest BCUT2D eigenvalue weighted by Gasteiger charge is 2.23. The van der Waals surface area contributed by atoms with Crippen LogP contribution in [0.2, 0.25) is 0 Å². The van der Waals surface area contributed by atoms with Gasteiger partial charge in [-0.3, -0.25) is 19.4 Å². The van der Waals surface area contributed by atoms with E-state index < -0.39 is 5.91 Å². The zero-order valence-corrected chi connectivity index (χ0v) is 18.4. The summed E-state index contributed by atoms with van der Waals surface area (Å²) in [7, 11) is 0. The smallest absolute Gasteiger partial charge is 0.241 e. The van der Waals surface area contributed by atoms with E-state index in [0.29, 0.717) is 13.1 Å². The molecule has 0 saturated carbocycles. The van der Waals surface area contributed by atoms with E-state index in [-0.39, 0.29) is 12.3 Å². The van der Waals surface area contributed by atoms with Crippen LogP contribution < -0.4 is 10.6 Å². The summed E-state index contributed by atoms with van der Waals surface area (Å²) in [5.41, 5.74) is 7.50. The van der Waals surface area contributed by atoms with Crippen LogP contribution in [0.4, 0.5) is 5.69 Å². The molecule has 2 amide bonds. The molecule has 3 aromatic rings. The highest BCUT2D eigenvalue weighted by atomic mass is 32.1. The zero-order chi connectivity index (χ0) is 21.6. The minimum absolute atomic E-state index is 0.00438. The van der Waals surface area contributed by atoms with Crippen LogP contribution in [0.15, 0.2) is 60.0 Å². The maximum atomic E-state index is 13.0. The molecule has 1 aromatic heterocycles. The van der Waals surface area contributed by atoms with Gasteiger partial charge < -0.3 is 10.6 Å². The molecule has 0 aliphatic carbocycles. The topological polar surface area (TPSA) is 69.9 Å². The molecule has 2 heterocycles. The Morgan fingerprint density at radius 3 is 2.35 bits per heavy atom. The number of para-hydroxylation sites is 1. The van der Waals surface area contributed by atoms with Crippen molar-refractivity contribution in [3.63, 3.8) is 0 Å². The zero-order valence-electron chi connectivity index (χ0n) is 17.6. The van der Waals surface area contributed by atoms with E-state index in [2.05, 4.69) is 39.4 Å². The second-order valence-corrected chi connectivity index (χ2v) is 8.82. The van der Waals surface area contributed by atoms with Crippen LogP contribution in [-0.4, -0.2) is 60.9 Å². The Bertz CT molecular complexity index is 1030. The summed E-state index contributed by atoms with van der Waals surface area (Å²) in [6, 6.07) is 18.0. The summed E-state index contributed by atoms with van der Waals surface area (Å²) in [4.78, 5) is 30.6. The second-order valence-electron chi connectivity index (χ2n) is 7.91. The predicted octanol–water partition coefficient (Wildman–Crippen LogP) is 2.93. The minimum atomic E-state index is -0.400. The highest BCUT2D eigenvalue weighted by molar-refractivity contribution is 7.17. The summed E-state index contributed by atoms with van der Waals surface area (Å²) in [6.45, 7) is 5.18. The lowest BCUT2D eigenvalue weighted by atomic mass is 10.1. The second kappa shape index (κ2) is 10.0. The summed E-state index contributed by atoms with van der Waals surface area (Å²) in [6.07, 6.45) is 0.156. The Labute approximate surface area is 186 Å².